The van der Waals surface area contributed by atoms with E-state index in [4.69, 9.17) is 19.9 Å². The van der Waals surface area contributed by atoms with Crippen molar-refractivity contribution in [2.75, 3.05) is 0 Å². The highest BCUT2D eigenvalue weighted by molar-refractivity contribution is 7.26. The van der Waals surface area contributed by atoms with E-state index < -0.39 is 0 Å². The quantitative estimate of drug-likeness (QED) is 0.171. The van der Waals surface area contributed by atoms with Crippen LogP contribution in [0.2, 0.25) is 0 Å². The Bertz CT molecular complexity index is 2900. The molecule has 0 aliphatic heterocycles. The molecule has 0 amide bonds. The van der Waals surface area contributed by atoms with Crippen LogP contribution < -0.4 is 0 Å². The van der Waals surface area contributed by atoms with Gasteiger partial charge in [0.2, 0.25) is 0 Å². The molecule has 0 N–H and O–H groups in total. The molecule has 0 radical (unpaired) electrons. The summed E-state index contributed by atoms with van der Waals surface area (Å²) in [6.45, 7) is 0. The highest BCUT2D eigenvalue weighted by Gasteiger charge is 2.19. The smallest absolute Gasteiger partial charge is 0.164 e. The van der Waals surface area contributed by atoms with Gasteiger partial charge in [-0.25, -0.2) is 19.9 Å². The van der Waals surface area contributed by atoms with Gasteiger partial charge in [0, 0.05) is 53.2 Å². The molecule has 0 fully saturated rings. The molecule has 0 unspecified atom stereocenters. The van der Waals surface area contributed by atoms with E-state index in [1.165, 1.54) is 25.7 Å². The van der Waals surface area contributed by atoms with Gasteiger partial charge in [-0.15, -0.1) is 11.3 Å². The zero-order valence-corrected chi connectivity index (χ0v) is 28.2. The van der Waals surface area contributed by atoms with Crippen molar-refractivity contribution < 1.29 is 0 Å². The third-order valence-electron chi connectivity index (χ3n) is 9.54. The van der Waals surface area contributed by atoms with Crippen LogP contribution in [0.25, 0.3) is 98.4 Å². The molecule has 3 aromatic heterocycles. The van der Waals surface area contributed by atoms with Crippen LogP contribution in [0.15, 0.2) is 170 Å². The van der Waals surface area contributed by atoms with Crippen molar-refractivity contribution in [3.8, 4) is 56.5 Å². The van der Waals surface area contributed by atoms with Crippen molar-refractivity contribution in [2.24, 2.45) is 0 Å². The number of hydrogen-bond donors (Lipinski definition) is 0. The lowest BCUT2D eigenvalue weighted by molar-refractivity contribution is 1.08. The number of aromatic nitrogens is 4. The Kier molecular flexibility index (Phi) is 6.96. The largest absolute Gasteiger partial charge is 0.247 e. The first kappa shape index (κ1) is 29.4. The summed E-state index contributed by atoms with van der Waals surface area (Å²) in [4.78, 5) is 20.5. The summed E-state index contributed by atoms with van der Waals surface area (Å²) in [5.41, 5.74) is 8.30. The van der Waals surface area contributed by atoms with Crippen LogP contribution in [-0.4, -0.2) is 19.9 Å². The van der Waals surface area contributed by atoms with Crippen LogP contribution in [0.4, 0.5) is 0 Å². The van der Waals surface area contributed by atoms with Crippen LogP contribution in [-0.2, 0) is 0 Å². The molecule has 238 valence electrons. The van der Waals surface area contributed by atoms with Crippen LogP contribution in [0.3, 0.4) is 0 Å². The molecule has 0 bridgehead atoms. The number of hydrogen-bond acceptors (Lipinski definition) is 5. The fourth-order valence-corrected chi connectivity index (χ4v) is 8.28. The highest BCUT2D eigenvalue weighted by atomic mass is 32.1. The Hall–Kier alpha value is -6.56. The normalized spacial score (nSPS) is 11.5. The molecule has 4 nitrogen and oxygen atoms in total. The lowest BCUT2D eigenvalue weighted by atomic mass is 10.0. The summed E-state index contributed by atoms with van der Waals surface area (Å²) in [6, 6.07) is 59.1. The summed E-state index contributed by atoms with van der Waals surface area (Å²) in [5.74, 6) is 1.94. The molecular weight excluding hydrogens is 641 g/mol. The second kappa shape index (κ2) is 12.1. The van der Waals surface area contributed by atoms with E-state index in [0.717, 1.165) is 55.2 Å². The lowest BCUT2D eigenvalue weighted by Crippen LogP contribution is -2.00. The molecule has 0 atom stereocenters. The summed E-state index contributed by atoms with van der Waals surface area (Å²) >= 11 is 1.79. The van der Waals surface area contributed by atoms with Crippen molar-refractivity contribution in [1.29, 1.82) is 0 Å². The van der Waals surface area contributed by atoms with Crippen LogP contribution >= 0.6 is 11.3 Å². The Morgan fingerprint density at radius 3 is 1.73 bits per heavy atom. The number of benzene rings is 7. The van der Waals surface area contributed by atoms with Gasteiger partial charge in [0.05, 0.1) is 11.2 Å². The molecule has 0 spiro atoms. The van der Waals surface area contributed by atoms with E-state index in [1.807, 2.05) is 36.4 Å². The molecule has 5 heteroatoms. The predicted molar refractivity (Wildman–Crippen MR) is 213 cm³/mol. The third kappa shape index (κ3) is 5.14. The van der Waals surface area contributed by atoms with Crippen LogP contribution in [0, 0.1) is 0 Å². The zero-order chi connectivity index (χ0) is 33.7. The minimum atomic E-state index is 0.642. The monoisotopic (exact) mass is 668 g/mol. The summed E-state index contributed by atoms with van der Waals surface area (Å²) in [7, 11) is 0. The number of fused-ring (bicyclic) bond motifs is 6. The second-order valence-electron chi connectivity index (χ2n) is 12.6. The maximum atomic E-state index is 5.26. The first-order valence-corrected chi connectivity index (χ1v) is 17.8. The minimum Gasteiger partial charge on any atom is -0.247 e. The molecule has 0 saturated carbocycles. The highest BCUT2D eigenvalue weighted by Crippen LogP contribution is 2.43. The lowest BCUT2D eigenvalue weighted by Gasteiger charge is -2.10. The maximum absolute atomic E-state index is 5.26. The van der Waals surface area contributed by atoms with Crippen molar-refractivity contribution in [1.82, 2.24) is 19.9 Å². The van der Waals surface area contributed by atoms with Gasteiger partial charge in [-0.05, 0) is 28.6 Å². The molecule has 51 heavy (non-hydrogen) atoms. The maximum Gasteiger partial charge on any atom is 0.164 e. The zero-order valence-electron chi connectivity index (χ0n) is 27.4. The van der Waals surface area contributed by atoms with Gasteiger partial charge in [0.25, 0.3) is 0 Å². The molecule has 7 aromatic carbocycles. The third-order valence-corrected chi connectivity index (χ3v) is 10.7. The van der Waals surface area contributed by atoms with Crippen molar-refractivity contribution >= 4 is 53.2 Å². The number of pyridine rings is 1. The molecule has 10 aromatic rings. The van der Waals surface area contributed by atoms with Gasteiger partial charge in [-0.2, -0.15) is 0 Å². The van der Waals surface area contributed by atoms with Crippen LogP contribution in [0.5, 0.6) is 0 Å². The topological polar surface area (TPSA) is 51.6 Å². The van der Waals surface area contributed by atoms with E-state index in [2.05, 4.69) is 133 Å². The van der Waals surface area contributed by atoms with Crippen molar-refractivity contribution in [2.45, 2.75) is 0 Å². The number of nitrogens with zero attached hydrogens (tertiary/aromatic N) is 4. The van der Waals surface area contributed by atoms with Gasteiger partial charge in [0.15, 0.2) is 17.5 Å². The molecule has 0 saturated heterocycles. The van der Waals surface area contributed by atoms with E-state index >= 15 is 0 Å². The average Bonchev–Trinajstić information content (AvgIpc) is 3.60. The molecular formula is C46H28N4S. The van der Waals surface area contributed by atoms with Crippen molar-refractivity contribution in [3.05, 3.63) is 170 Å². The Labute approximate surface area is 298 Å². The minimum absolute atomic E-state index is 0.642. The van der Waals surface area contributed by atoms with Gasteiger partial charge >= 0.3 is 0 Å². The fraction of sp³-hybridized carbons (Fsp3) is 0. The average molecular weight is 669 g/mol. The molecule has 0 aliphatic rings. The van der Waals surface area contributed by atoms with Gasteiger partial charge < -0.3 is 0 Å². The van der Waals surface area contributed by atoms with Crippen LogP contribution in [0.1, 0.15) is 0 Å². The summed E-state index contributed by atoms with van der Waals surface area (Å²) in [6.07, 6.45) is 0. The summed E-state index contributed by atoms with van der Waals surface area (Å²) in [5, 5.41) is 5.80. The second-order valence-corrected chi connectivity index (χ2v) is 13.7. The van der Waals surface area contributed by atoms with Gasteiger partial charge in [-0.1, -0.05) is 158 Å². The SMILES string of the molecule is c1ccc(-c2ccc(-c3nc(-c4ccccc4)nc(-c4cccc5sc6c(-c7ccc8ccc9ccccc9c8n7)cccc6c45)n3)cc2)cc1. The Morgan fingerprint density at radius 1 is 0.353 bits per heavy atom. The van der Waals surface area contributed by atoms with E-state index in [0.29, 0.717) is 17.5 Å². The van der Waals surface area contributed by atoms with E-state index in [-0.39, 0.29) is 0 Å². The van der Waals surface area contributed by atoms with E-state index in [1.54, 1.807) is 11.3 Å². The Morgan fingerprint density at radius 2 is 0.922 bits per heavy atom. The number of rotatable bonds is 5. The molecule has 0 aliphatic carbocycles. The van der Waals surface area contributed by atoms with E-state index in [9.17, 15) is 0 Å². The first-order chi connectivity index (χ1) is 25.3. The molecule has 3 heterocycles. The first-order valence-electron chi connectivity index (χ1n) is 17.0. The summed E-state index contributed by atoms with van der Waals surface area (Å²) < 4.78 is 2.37. The number of thiophene rings is 1. The standard InChI is InChI=1S/C46H28N4S/c1-3-11-29(12-4-1)30-21-25-34(26-22-30)45-48-44(33-14-5-2-6-15-33)49-46(50-45)38-19-10-20-40-41(38)37-18-9-17-36(43(37)51-40)39-28-27-32-24-23-31-13-7-8-16-35(31)42(32)47-39/h1-28H. The fourth-order valence-electron chi connectivity index (χ4n) is 7.03. The van der Waals surface area contributed by atoms with Gasteiger partial charge in [0.1, 0.15) is 0 Å². The predicted octanol–water partition coefficient (Wildman–Crippen LogP) is 12.3. The molecule has 10 rings (SSSR count). The van der Waals surface area contributed by atoms with Gasteiger partial charge in [-0.3, -0.25) is 0 Å². The Balaban J connectivity index is 1.15. The van der Waals surface area contributed by atoms with Crippen molar-refractivity contribution in [3.63, 3.8) is 0 Å².